The summed E-state index contributed by atoms with van der Waals surface area (Å²) >= 11 is 3.47. The molecular weight excluding hydrogens is 302 g/mol. The number of hydrogen-bond acceptors (Lipinski definition) is 1. The van der Waals surface area contributed by atoms with Gasteiger partial charge in [0.05, 0.1) is 0 Å². The molecule has 0 heterocycles. The van der Waals surface area contributed by atoms with Crippen LogP contribution in [0, 0.1) is 0 Å². The molecule has 2 atom stereocenters. The lowest BCUT2D eigenvalue weighted by molar-refractivity contribution is 0.724. The van der Waals surface area contributed by atoms with Gasteiger partial charge in [0, 0.05) is 30.0 Å². The van der Waals surface area contributed by atoms with Crippen LogP contribution >= 0.6 is 15.9 Å². The molecular formula is C15H22BrN3. The second-order valence-corrected chi connectivity index (χ2v) is 5.91. The molecule has 1 aliphatic carbocycles. The van der Waals surface area contributed by atoms with Gasteiger partial charge >= 0.3 is 0 Å². The molecule has 2 N–H and O–H groups in total. The van der Waals surface area contributed by atoms with Crippen LogP contribution in [-0.4, -0.2) is 25.6 Å². The first-order valence-electron chi connectivity index (χ1n) is 6.97. The second-order valence-electron chi connectivity index (χ2n) is 5.00. The SMILES string of the molecule is CCCCNC(=NC)NC1CC1c1ccc(Br)cc1. The van der Waals surface area contributed by atoms with Crippen molar-refractivity contribution in [3.63, 3.8) is 0 Å². The molecule has 4 heteroatoms. The van der Waals surface area contributed by atoms with Gasteiger partial charge in [-0.1, -0.05) is 41.4 Å². The number of unbranched alkanes of at least 4 members (excludes halogenated alkanes) is 1. The summed E-state index contributed by atoms with van der Waals surface area (Å²) in [6.07, 6.45) is 3.58. The molecule has 1 saturated carbocycles. The fourth-order valence-electron chi connectivity index (χ4n) is 2.19. The van der Waals surface area contributed by atoms with Gasteiger partial charge in [-0.25, -0.2) is 0 Å². The maximum absolute atomic E-state index is 4.27. The third kappa shape index (κ3) is 4.23. The summed E-state index contributed by atoms with van der Waals surface area (Å²) in [4.78, 5) is 4.27. The fourth-order valence-corrected chi connectivity index (χ4v) is 2.45. The zero-order chi connectivity index (χ0) is 13.7. The van der Waals surface area contributed by atoms with E-state index in [1.165, 1.54) is 24.8 Å². The average Bonchev–Trinajstić information content (AvgIpc) is 3.18. The highest BCUT2D eigenvalue weighted by Gasteiger charge is 2.38. The summed E-state index contributed by atoms with van der Waals surface area (Å²) in [5.74, 6) is 1.55. The molecule has 1 fully saturated rings. The van der Waals surface area contributed by atoms with Crippen molar-refractivity contribution < 1.29 is 0 Å². The lowest BCUT2D eigenvalue weighted by atomic mass is 10.1. The predicted molar refractivity (Wildman–Crippen MR) is 84.7 cm³/mol. The summed E-state index contributed by atoms with van der Waals surface area (Å²) in [5.41, 5.74) is 1.41. The van der Waals surface area contributed by atoms with Crippen molar-refractivity contribution in [2.75, 3.05) is 13.6 Å². The fraction of sp³-hybridized carbons (Fsp3) is 0.533. The second kappa shape index (κ2) is 6.94. The maximum atomic E-state index is 4.27. The number of rotatable bonds is 5. The summed E-state index contributed by atoms with van der Waals surface area (Å²) in [6, 6.07) is 9.14. The number of nitrogens with one attached hydrogen (secondary N) is 2. The van der Waals surface area contributed by atoms with Crippen LogP contribution in [0.5, 0.6) is 0 Å². The summed E-state index contributed by atoms with van der Waals surface area (Å²) in [5, 5.41) is 6.84. The van der Waals surface area contributed by atoms with Crippen LogP contribution in [0.3, 0.4) is 0 Å². The Hall–Kier alpha value is -1.03. The molecule has 0 amide bonds. The minimum Gasteiger partial charge on any atom is -0.356 e. The molecule has 19 heavy (non-hydrogen) atoms. The smallest absolute Gasteiger partial charge is 0.191 e. The van der Waals surface area contributed by atoms with Gasteiger partial charge in [-0.15, -0.1) is 0 Å². The van der Waals surface area contributed by atoms with Crippen LogP contribution in [0.1, 0.15) is 37.7 Å². The van der Waals surface area contributed by atoms with Gasteiger partial charge in [0.1, 0.15) is 0 Å². The van der Waals surface area contributed by atoms with Crippen LogP contribution in [0.2, 0.25) is 0 Å². The first-order valence-corrected chi connectivity index (χ1v) is 7.76. The van der Waals surface area contributed by atoms with E-state index in [9.17, 15) is 0 Å². The first-order chi connectivity index (χ1) is 9.24. The molecule has 104 valence electrons. The van der Waals surface area contributed by atoms with Gasteiger partial charge < -0.3 is 10.6 Å². The van der Waals surface area contributed by atoms with Crippen LogP contribution in [0.15, 0.2) is 33.7 Å². The van der Waals surface area contributed by atoms with Crippen LogP contribution in [0.4, 0.5) is 0 Å². The number of nitrogens with zero attached hydrogens (tertiary/aromatic N) is 1. The van der Waals surface area contributed by atoms with Crippen molar-refractivity contribution in [2.45, 2.75) is 38.1 Å². The van der Waals surface area contributed by atoms with Crippen molar-refractivity contribution >= 4 is 21.9 Å². The molecule has 1 aromatic carbocycles. The largest absolute Gasteiger partial charge is 0.356 e. The van der Waals surface area contributed by atoms with Crippen molar-refractivity contribution in [1.82, 2.24) is 10.6 Å². The highest BCUT2D eigenvalue weighted by atomic mass is 79.9. The van der Waals surface area contributed by atoms with Crippen LogP contribution in [0.25, 0.3) is 0 Å². The molecule has 3 nitrogen and oxygen atoms in total. The molecule has 0 aliphatic heterocycles. The Morgan fingerprint density at radius 3 is 2.74 bits per heavy atom. The van der Waals surface area contributed by atoms with E-state index < -0.39 is 0 Å². The zero-order valence-electron chi connectivity index (χ0n) is 11.6. The number of benzene rings is 1. The van der Waals surface area contributed by atoms with E-state index in [4.69, 9.17) is 0 Å². The molecule has 2 unspecified atom stereocenters. The standard InChI is InChI=1S/C15H22BrN3/c1-3-4-9-18-15(17-2)19-14-10-13(14)11-5-7-12(16)8-6-11/h5-8,13-14H,3-4,9-10H2,1-2H3,(H2,17,18,19). The predicted octanol–water partition coefficient (Wildman–Crippen LogP) is 3.27. The third-order valence-electron chi connectivity index (χ3n) is 3.46. The first kappa shape index (κ1) is 14.4. The Morgan fingerprint density at radius 2 is 2.11 bits per heavy atom. The Labute approximate surface area is 124 Å². The highest BCUT2D eigenvalue weighted by molar-refractivity contribution is 9.10. The Bertz CT molecular complexity index is 428. The van der Waals surface area contributed by atoms with E-state index in [0.29, 0.717) is 12.0 Å². The molecule has 0 spiro atoms. The zero-order valence-corrected chi connectivity index (χ0v) is 13.2. The minimum atomic E-state index is 0.522. The molecule has 0 bridgehead atoms. The number of aliphatic imine (C=N–C) groups is 1. The summed E-state index contributed by atoms with van der Waals surface area (Å²) < 4.78 is 1.14. The van der Waals surface area contributed by atoms with Crippen molar-refractivity contribution in [1.29, 1.82) is 0 Å². The Morgan fingerprint density at radius 1 is 1.37 bits per heavy atom. The molecule has 2 rings (SSSR count). The van der Waals surface area contributed by atoms with Crippen LogP contribution in [-0.2, 0) is 0 Å². The topological polar surface area (TPSA) is 36.4 Å². The maximum Gasteiger partial charge on any atom is 0.191 e. The van der Waals surface area contributed by atoms with Crippen molar-refractivity contribution in [3.8, 4) is 0 Å². The number of hydrogen-bond donors (Lipinski definition) is 2. The third-order valence-corrected chi connectivity index (χ3v) is 3.99. The Kier molecular flexibility index (Phi) is 5.25. The monoisotopic (exact) mass is 323 g/mol. The average molecular weight is 324 g/mol. The summed E-state index contributed by atoms with van der Waals surface area (Å²) in [7, 11) is 1.83. The minimum absolute atomic E-state index is 0.522. The van der Waals surface area contributed by atoms with E-state index in [-0.39, 0.29) is 0 Å². The summed E-state index contributed by atoms with van der Waals surface area (Å²) in [6.45, 7) is 3.19. The van der Waals surface area contributed by atoms with E-state index >= 15 is 0 Å². The van der Waals surface area contributed by atoms with Gasteiger partial charge in [0.15, 0.2) is 5.96 Å². The number of guanidine groups is 1. The van der Waals surface area contributed by atoms with E-state index in [0.717, 1.165) is 17.0 Å². The lowest BCUT2D eigenvalue weighted by Gasteiger charge is -2.11. The van der Waals surface area contributed by atoms with Gasteiger partial charge in [0.2, 0.25) is 0 Å². The van der Waals surface area contributed by atoms with Gasteiger partial charge in [0.25, 0.3) is 0 Å². The van der Waals surface area contributed by atoms with Gasteiger partial charge in [-0.2, -0.15) is 0 Å². The van der Waals surface area contributed by atoms with Crippen LogP contribution < -0.4 is 10.6 Å². The van der Waals surface area contributed by atoms with E-state index in [2.05, 4.69) is 62.7 Å². The normalized spacial score (nSPS) is 22.2. The highest BCUT2D eigenvalue weighted by Crippen LogP contribution is 2.40. The van der Waals surface area contributed by atoms with E-state index in [1.807, 2.05) is 7.05 Å². The molecule has 0 aromatic heterocycles. The lowest BCUT2D eigenvalue weighted by Crippen LogP contribution is -2.39. The molecule has 0 saturated heterocycles. The quantitative estimate of drug-likeness (QED) is 0.495. The van der Waals surface area contributed by atoms with Crippen molar-refractivity contribution in [3.05, 3.63) is 34.3 Å². The molecule has 1 aromatic rings. The van der Waals surface area contributed by atoms with Crippen molar-refractivity contribution in [2.24, 2.45) is 4.99 Å². The van der Waals surface area contributed by atoms with Gasteiger partial charge in [-0.05, 0) is 30.5 Å². The number of halogens is 1. The van der Waals surface area contributed by atoms with E-state index in [1.54, 1.807) is 0 Å². The molecule has 0 radical (unpaired) electrons. The Balaban J connectivity index is 1.80. The van der Waals surface area contributed by atoms with Gasteiger partial charge in [-0.3, -0.25) is 4.99 Å². The molecule has 1 aliphatic rings.